The fourth-order valence-corrected chi connectivity index (χ4v) is 3.13. The Morgan fingerprint density at radius 2 is 2.14 bits per heavy atom. The number of hydrogen-bond donors (Lipinski definition) is 1. The molecule has 0 unspecified atom stereocenters. The molecule has 9 nitrogen and oxygen atoms in total. The van der Waals surface area contributed by atoms with Crippen molar-refractivity contribution in [3.63, 3.8) is 0 Å². The molecule has 1 N–H and O–H groups in total. The van der Waals surface area contributed by atoms with E-state index in [9.17, 15) is 10.1 Å². The molecule has 4 aromatic rings. The third-order valence-electron chi connectivity index (χ3n) is 4.33. The van der Waals surface area contributed by atoms with Gasteiger partial charge in [0.25, 0.3) is 5.69 Å². The summed E-state index contributed by atoms with van der Waals surface area (Å²) in [5.74, 6) is 1.30. The Labute approximate surface area is 165 Å². The number of pyridine rings is 1. The van der Waals surface area contributed by atoms with Crippen LogP contribution < -0.4 is 0 Å². The smallest absolute Gasteiger partial charge is 0.280 e. The van der Waals surface area contributed by atoms with Gasteiger partial charge in [-0.3, -0.25) is 15.2 Å². The monoisotopic (exact) mass is 391 g/mol. The van der Waals surface area contributed by atoms with Crippen LogP contribution in [-0.4, -0.2) is 33.4 Å². The highest BCUT2D eigenvalue weighted by atomic mass is 16.6. The number of furan rings is 1. The minimum atomic E-state index is -0.437. The zero-order valence-corrected chi connectivity index (χ0v) is 15.7. The highest BCUT2D eigenvalue weighted by molar-refractivity contribution is 5.92. The van der Waals surface area contributed by atoms with Crippen LogP contribution in [0.5, 0.6) is 0 Å². The number of hydrogen-bond acceptors (Lipinski definition) is 7. The van der Waals surface area contributed by atoms with E-state index in [1.54, 1.807) is 37.4 Å². The lowest BCUT2D eigenvalue weighted by atomic mass is 10.1. The minimum Gasteiger partial charge on any atom is -0.455 e. The molecule has 0 fully saturated rings. The normalized spacial score (nSPS) is 11.5. The molecule has 0 bridgehead atoms. The Kier molecular flexibility index (Phi) is 4.88. The van der Waals surface area contributed by atoms with Crippen molar-refractivity contribution in [2.45, 2.75) is 13.5 Å². The van der Waals surface area contributed by atoms with E-state index in [1.165, 1.54) is 12.3 Å². The van der Waals surface area contributed by atoms with Gasteiger partial charge in [0.15, 0.2) is 11.5 Å². The lowest BCUT2D eigenvalue weighted by Crippen LogP contribution is -1.92. The summed E-state index contributed by atoms with van der Waals surface area (Å²) >= 11 is 0. The number of para-hydroxylation sites is 1. The summed E-state index contributed by atoms with van der Waals surface area (Å²) in [6, 6.07) is 11.7. The van der Waals surface area contributed by atoms with Crippen molar-refractivity contribution in [3.05, 3.63) is 69.6 Å². The number of benzene rings is 1. The average Bonchev–Trinajstić information content (AvgIpc) is 3.33. The number of aryl methyl sites for hydroxylation is 1. The standard InChI is InChI=1S/C20H17N5O4/c1-12-9-13(11-28-2)18-19(23-24-20(18)22-12)21-10-14-7-8-17(29-14)15-5-3-4-6-16(15)25(26)27/h3-10H,11H2,1-2H3,(H,22,23,24). The third kappa shape index (κ3) is 3.63. The lowest BCUT2D eigenvalue weighted by Gasteiger charge is -2.03. The fourth-order valence-electron chi connectivity index (χ4n) is 3.13. The maximum absolute atomic E-state index is 11.2. The van der Waals surface area contributed by atoms with Crippen LogP contribution in [0.25, 0.3) is 22.4 Å². The van der Waals surface area contributed by atoms with Gasteiger partial charge in [0.05, 0.1) is 28.7 Å². The van der Waals surface area contributed by atoms with Crippen LogP contribution in [0, 0.1) is 17.0 Å². The highest BCUT2D eigenvalue weighted by Gasteiger charge is 2.17. The Morgan fingerprint density at radius 1 is 1.31 bits per heavy atom. The van der Waals surface area contributed by atoms with E-state index in [2.05, 4.69) is 20.2 Å². The molecule has 4 rings (SSSR count). The number of nitrogens with one attached hydrogen (secondary N) is 1. The number of fused-ring (bicyclic) bond motifs is 1. The van der Waals surface area contributed by atoms with Crippen LogP contribution in [0.4, 0.5) is 11.5 Å². The zero-order valence-electron chi connectivity index (χ0n) is 15.7. The number of ether oxygens (including phenoxy) is 1. The summed E-state index contributed by atoms with van der Waals surface area (Å²) in [6.45, 7) is 2.31. The van der Waals surface area contributed by atoms with Gasteiger partial charge < -0.3 is 9.15 Å². The van der Waals surface area contributed by atoms with Gasteiger partial charge >= 0.3 is 0 Å². The summed E-state index contributed by atoms with van der Waals surface area (Å²) in [6.07, 6.45) is 1.52. The SMILES string of the molecule is COCc1cc(C)nc2[nH]nc(N=Cc3ccc(-c4ccccc4[N+](=O)[O-])o3)c12. The first-order valence-electron chi connectivity index (χ1n) is 8.78. The molecule has 0 saturated heterocycles. The predicted octanol–water partition coefficient (Wildman–Crippen LogP) is 4.33. The number of nitro groups is 1. The van der Waals surface area contributed by atoms with Crippen molar-refractivity contribution in [1.29, 1.82) is 0 Å². The fraction of sp³-hybridized carbons (Fsp3) is 0.150. The van der Waals surface area contributed by atoms with E-state index >= 15 is 0 Å². The van der Waals surface area contributed by atoms with E-state index in [0.717, 1.165) is 16.6 Å². The molecule has 0 spiro atoms. The van der Waals surface area contributed by atoms with Crippen LogP contribution in [0.2, 0.25) is 0 Å². The van der Waals surface area contributed by atoms with Crippen molar-refractivity contribution in [3.8, 4) is 11.3 Å². The molecule has 1 aromatic carbocycles. The molecule has 3 aromatic heterocycles. The zero-order chi connectivity index (χ0) is 20.4. The molecule has 3 heterocycles. The lowest BCUT2D eigenvalue weighted by molar-refractivity contribution is -0.384. The third-order valence-corrected chi connectivity index (χ3v) is 4.33. The second-order valence-corrected chi connectivity index (χ2v) is 6.36. The summed E-state index contributed by atoms with van der Waals surface area (Å²) in [5.41, 5.74) is 2.79. The second kappa shape index (κ2) is 7.64. The van der Waals surface area contributed by atoms with Crippen molar-refractivity contribution >= 4 is 28.8 Å². The largest absolute Gasteiger partial charge is 0.455 e. The topological polar surface area (TPSA) is 119 Å². The number of nitro benzene ring substituents is 1. The highest BCUT2D eigenvalue weighted by Crippen LogP contribution is 2.31. The first-order chi connectivity index (χ1) is 14.1. The molecule has 9 heteroatoms. The van der Waals surface area contributed by atoms with E-state index in [-0.39, 0.29) is 5.69 Å². The number of nitrogens with zero attached hydrogens (tertiary/aromatic N) is 4. The van der Waals surface area contributed by atoms with Crippen molar-refractivity contribution in [2.24, 2.45) is 4.99 Å². The number of aromatic nitrogens is 3. The molecule has 146 valence electrons. The van der Waals surface area contributed by atoms with E-state index in [1.807, 2.05) is 13.0 Å². The molecule has 0 aliphatic carbocycles. The molecule has 0 saturated carbocycles. The average molecular weight is 391 g/mol. The van der Waals surface area contributed by atoms with Crippen molar-refractivity contribution < 1.29 is 14.1 Å². The second-order valence-electron chi connectivity index (χ2n) is 6.36. The number of rotatable bonds is 6. The van der Waals surface area contributed by atoms with Gasteiger partial charge in [-0.2, -0.15) is 5.10 Å². The summed E-state index contributed by atoms with van der Waals surface area (Å²) in [7, 11) is 1.62. The molecule has 0 amide bonds. The number of aliphatic imine (C=N–C) groups is 1. The van der Waals surface area contributed by atoms with E-state index in [4.69, 9.17) is 9.15 Å². The minimum absolute atomic E-state index is 0.0192. The Hall–Kier alpha value is -3.85. The maximum atomic E-state index is 11.2. The van der Waals surface area contributed by atoms with Crippen LogP contribution in [0.1, 0.15) is 17.0 Å². The van der Waals surface area contributed by atoms with Crippen LogP contribution >= 0.6 is 0 Å². The maximum Gasteiger partial charge on any atom is 0.280 e. The summed E-state index contributed by atoms with van der Waals surface area (Å²) < 4.78 is 11.0. The Balaban J connectivity index is 1.67. The van der Waals surface area contributed by atoms with Gasteiger partial charge in [0.2, 0.25) is 0 Å². The first-order valence-corrected chi connectivity index (χ1v) is 8.78. The quantitative estimate of drug-likeness (QED) is 0.297. The first kappa shape index (κ1) is 18.5. The van der Waals surface area contributed by atoms with Gasteiger partial charge in [-0.25, -0.2) is 9.98 Å². The Bertz CT molecular complexity index is 1220. The Morgan fingerprint density at radius 3 is 2.93 bits per heavy atom. The van der Waals surface area contributed by atoms with Gasteiger partial charge in [-0.1, -0.05) is 12.1 Å². The molecule has 0 atom stereocenters. The molecule has 0 aliphatic rings. The number of aromatic amines is 1. The predicted molar refractivity (Wildman–Crippen MR) is 107 cm³/mol. The number of H-pyrrole nitrogens is 1. The van der Waals surface area contributed by atoms with Gasteiger partial charge in [0.1, 0.15) is 11.5 Å². The molecule has 0 radical (unpaired) electrons. The van der Waals surface area contributed by atoms with Crippen LogP contribution in [0.3, 0.4) is 0 Å². The molecular weight excluding hydrogens is 374 g/mol. The molecule has 0 aliphatic heterocycles. The van der Waals surface area contributed by atoms with Gasteiger partial charge in [0, 0.05) is 18.9 Å². The summed E-state index contributed by atoms with van der Waals surface area (Å²) in [4.78, 5) is 19.6. The van der Waals surface area contributed by atoms with Crippen LogP contribution in [-0.2, 0) is 11.3 Å². The molecule has 29 heavy (non-hydrogen) atoms. The van der Waals surface area contributed by atoms with Crippen LogP contribution in [0.15, 0.2) is 51.9 Å². The van der Waals surface area contributed by atoms with E-state index in [0.29, 0.717) is 35.2 Å². The van der Waals surface area contributed by atoms with Gasteiger partial charge in [-0.15, -0.1) is 0 Å². The number of methoxy groups -OCH3 is 1. The van der Waals surface area contributed by atoms with Gasteiger partial charge in [-0.05, 0) is 36.8 Å². The van der Waals surface area contributed by atoms with Crippen molar-refractivity contribution in [1.82, 2.24) is 15.2 Å². The van der Waals surface area contributed by atoms with E-state index < -0.39 is 4.92 Å². The summed E-state index contributed by atoms with van der Waals surface area (Å²) in [5, 5.41) is 19.1. The van der Waals surface area contributed by atoms with Crippen molar-refractivity contribution in [2.75, 3.05) is 7.11 Å². The molecular formula is C20H17N5O4.